The Balaban J connectivity index is 1.98. The summed E-state index contributed by atoms with van der Waals surface area (Å²) in [5.41, 5.74) is 2.84. The topological polar surface area (TPSA) is 83.0 Å². The lowest BCUT2D eigenvalue weighted by Crippen LogP contribution is -2.24. The number of aromatic nitrogens is 4. The fourth-order valence-electron chi connectivity index (χ4n) is 2.91. The van der Waals surface area contributed by atoms with E-state index in [-0.39, 0.29) is 5.56 Å². The first-order chi connectivity index (χ1) is 12.7. The third-order valence-electron chi connectivity index (χ3n) is 4.19. The second-order valence-corrected chi connectivity index (χ2v) is 5.84. The van der Waals surface area contributed by atoms with Gasteiger partial charge in [0, 0.05) is 18.0 Å². The first-order valence-electron chi connectivity index (χ1n) is 8.08. The average molecular weight is 348 g/mol. The van der Waals surface area contributed by atoms with Gasteiger partial charge >= 0.3 is 0 Å². The molecule has 3 aromatic heterocycles. The van der Waals surface area contributed by atoms with E-state index in [4.69, 9.17) is 9.26 Å². The molecule has 0 saturated carbocycles. The van der Waals surface area contributed by atoms with Gasteiger partial charge in [-0.1, -0.05) is 17.3 Å². The van der Waals surface area contributed by atoms with E-state index >= 15 is 0 Å². The summed E-state index contributed by atoms with van der Waals surface area (Å²) in [6.45, 7) is 2.07. The van der Waals surface area contributed by atoms with Gasteiger partial charge in [0.1, 0.15) is 16.8 Å². The van der Waals surface area contributed by atoms with Gasteiger partial charge in [0.25, 0.3) is 5.56 Å². The van der Waals surface area contributed by atoms with Crippen LogP contribution in [0.25, 0.3) is 22.2 Å². The molecule has 0 atom stereocenters. The van der Waals surface area contributed by atoms with Crippen molar-refractivity contribution in [1.82, 2.24) is 19.9 Å². The maximum Gasteiger partial charge on any atom is 0.280 e. The zero-order valence-corrected chi connectivity index (χ0v) is 14.3. The van der Waals surface area contributed by atoms with E-state index in [2.05, 4.69) is 15.2 Å². The molecule has 26 heavy (non-hydrogen) atoms. The van der Waals surface area contributed by atoms with Crippen LogP contribution in [0.3, 0.4) is 0 Å². The summed E-state index contributed by atoms with van der Waals surface area (Å²) >= 11 is 0. The molecule has 0 aliphatic rings. The Morgan fingerprint density at radius 2 is 1.92 bits per heavy atom. The van der Waals surface area contributed by atoms with Crippen LogP contribution in [-0.2, 0) is 6.54 Å². The molecule has 0 N–H and O–H groups in total. The number of benzene rings is 1. The summed E-state index contributed by atoms with van der Waals surface area (Å²) in [4.78, 5) is 16.9. The zero-order chi connectivity index (χ0) is 18.1. The second kappa shape index (κ2) is 6.44. The number of rotatable bonds is 4. The third kappa shape index (κ3) is 2.63. The third-order valence-corrected chi connectivity index (χ3v) is 4.19. The molecule has 0 bridgehead atoms. The first kappa shape index (κ1) is 16.0. The van der Waals surface area contributed by atoms with Crippen LogP contribution in [0.5, 0.6) is 5.75 Å². The van der Waals surface area contributed by atoms with Gasteiger partial charge in [-0.05, 0) is 36.8 Å². The van der Waals surface area contributed by atoms with Crippen LogP contribution >= 0.6 is 0 Å². The fourth-order valence-corrected chi connectivity index (χ4v) is 2.91. The summed E-state index contributed by atoms with van der Waals surface area (Å²) in [6, 6.07) is 11.2. The van der Waals surface area contributed by atoms with Gasteiger partial charge in [0.05, 0.1) is 19.3 Å². The highest BCUT2D eigenvalue weighted by molar-refractivity contribution is 5.91. The molecule has 0 aliphatic carbocycles. The van der Waals surface area contributed by atoms with Crippen LogP contribution < -0.4 is 10.3 Å². The standard InChI is InChI=1S/C19H16N4O3/c1-12-16-18(26-22-12)17(14-5-3-4-6-15(14)25-2)21-23(19(16)24)11-13-7-9-20-10-8-13/h3-10H,11H2,1-2H3. The molecular formula is C19H16N4O3. The predicted molar refractivity (Wildman–Crippen MR) is 96.1 cm³/mol. The van der Waals surface area contributed by atoms with Crippen molar-refractivity contribution >= 4 is 11.0 Å². The maximum absolute atomic E-state index is 12.9. The van der Waals surface area contributed by atoms with Crippen molar-refractivity contribution in [3.05, 3.63) is 70.4 Å². The quantitative estimate of drug-likeness (QED) is 0.564. The van der Waals surface area contributed by atoms with E-state index in [1.807, 2.05) is 36.4 Å². The van der Waals surface area contributed by atoms with Crippen molar-refractivity contribution in [2.24, 2.45) is 0 Å². The van der Waals surface area contributed by atoms with Gasteiger partial charge in [-0.3, -0.25) is 9.78 Å². The average Bonchev–Trinajstić information content (AvgIpc) is 3.07. The van der Waals surface area contributed by atoms with Gasteiger partial charge in [0.15, 0.2) is 0 Å². The van der Waals surface area contributed by atoms with E-state index < -0.39 is 0 Å². The van der Waals surface area contributed by atoms with E-state index in [1.165, 1.54) is 4.68 Å². The highest BCUT2D eigenvalue weighted by atomic mass is 16.5. The van der Waals surface area contributed by atoms with Crippen LogP contribution in [0.2, 0.25) is 0 Å². The van der Waals surface area contributed by atoms with Crippen molar-refractivity contribution in [3.8, 4) is 17.0 Å². The molecule has 0 amide bonds. The van der Waals surface area contributed by atoms with Gasteiger partial charge in [0.2, 0.25) is 5.58 Å². The number of hydrogen-bond donors (Lipinski definition) is 0. The molecule has 3 heterocycles. The van der Waals surface area contributed by atoms with Crippen molar-refractivity contribution < 1.29 is 9.26 Å². The van der Waals surface area contributed by atoms with Gasteiger partial charge < -0.3 is 9.26 Å². The number of hydrogen-bond acceptors (Lipinski definition) is 6. The van der Waals surface area contributed by atoms with Crippen molar-refractivity contribution in [2.75, 3.05) is 7.11 Å². The van der Waals surface area contributed by atoms with E-state index in [1.54, 1.807) is 26.4 Å². The van der Waals surface area contributed by atoms with E-state index in [9.17, 15) is 4.79 Å². The Kier molecular flexibility index (Phi) is 3.96. The number of aryl methyl sites for hydroxylation is 1. The van der Waals surface area contributed by atoms with Crippen LogP contribution in [-0.4, -0.2) is 27.0 Å². The number of ether oxygens (including phenoxy) is 1. The predicted octanol–water partition coefficient (Wildman–Crippen LogP) is 2.81. The Labute approximate surface area is 148 Å². The van der Waals surface area contributed by atoms with Crippen LogP contribution in [0.1, 0.15) is 11.3 Å². The summed E-state index contributed by atoms with van der Waals surface area (Å²) in [5.74, 6) is 0.643. The van der Waals surface area contributed by atoms with Crippen molar-refractivity contribution in [1.29, 1.82) is 0 Å². The van der Waals surface area contributed by atoms with Gasteiger partial charge in [-0.25, -0.2) is 4.68 Å². The number of fused-ring (bicyclic) bond motifs is 1. The Bertz CT molecular complexity index is 1130. The molecule has 0 unspecified atom stereocenters. The smallest absolute Gasteiger partial charge is 0.280 e. The van der Waals surface area contributed by atoms with E-state index in [0.717, 1.165) is 11.1 Å². The van der Waals surface area contributed by atoms with Crippen LogP contribution in [0, 0.1) is 6.92 Å². The first-order valence-corrected chi connectivity index (χ1v) is 8.08. The molecule has 0 spiro atoms. The monoisotopic (exact) mass is 348 g/mol. The molecule has 0 fully saturated rings. The highest BCUT2D eigenvalue weighted by Crippen LogP contribution is 2.32. The van der Waals surface area contributed by atoms with Gasteiger partial charge in [-0.15, -0.1) is 0 Å². The highest BCUT2D eigenvalue weighted by Gasteiger charge is 2.21. The molecule has 4 aromatic rings. The van der Waals surface area contributed by atoms with Gasteiger partial charge in [-0.2, -0.15) is 5.10 Å². The Hall–Kier alpha value is -3.48. The zero-order valence-electron chi connectivity index (χ0n) is 14.3. The van der Waals surface area contributed by atoms with Crippen LogP contribution in [0.4, 0.5) is 0 Å². The largest absolute Gasteiger partial charge is 0.496 e. The molecule has 130 valence electrons. The molecule has 1 aromatic carbocycles. The number of pyridine rings is 1. The second-order valence-electron chi connectivity index (χ2n) is 5.84. The molecule has 7 nitrogen and oxygen atoms in total. The van der Waals surface area contributed by atoms with E-state index in [0.29, 0.717) is 34.7 Å². The molecule has 0 radical (unpaired) electrons. The minimum Gasteiger partial charge on any atom is -0.496 e. The Morgan fingerprint density at radius 1 is 1.15 bits per heavy atom. The number of para-hydroxylation sites is 1. The van der Waals surface area contributed by atoms with Crippen molar-refractivity contribution in [2.45, 2.75) is 13.5 Å². The molecule has 4 rings (SSSR count). The fraction of sp³-hybridized carbons (Fsp3) is 0.158. The SMILES string of the molecule is COc1ccccc1-c1nn(Cc2ccncc2)c(=O)c2c(C)noc12. The Morgan fingerprint density at radius 3 is 2.69 bits per heavy atom. The summed E-state index contributed by atoms with van der Waals surface area (Å²) in [5, 5.41) is 8.95. The van der Waals surface area contributed by atoms with Crippen LogP contribution in [0.15, 0.2) is 58.1 Å². The minimum atomic E-state index is -0.241. The van der Waals surface area contributed by atoms with Crippen molar-refractivity contribution in [3.63, 3.8) is 0 Å². The molecular weight excluding hydrogens is 332 g/mol. The lowest BCUT2D eigenvalue weighted by molar-refractivity contribution is 0.415. The number of nitrogens with zero attached hydrogens (tertiary/aromatic N) is 4. The summed E-state index contributed by atoms with van der Waals surface area (Å²) in [7, 11) is 1.59. The lowest BCUT2D eigenvalue weighted by atomic mass is 10.1. The molecule has 0 saturated heterocycles. The molecule has 0 aliphatic heterocycles. The molecule has 7 heteroatoms. The number of methoxy groups -OCH3 is 1. The lowest BCUT2D eigenvalue weighted by Gasteiger charge is -2.11. The minimum absolute atomic E-state index is 0.241. The maximum atomic E-state index is 12.9. The summed E-state index contributed by atoms with van der Waals surface area (Å²) < 4.78 is 12.3. The normalized spacial score (nSPS) is 11.0. The summed E-state index contributed by atoms with van der Waals surface area (Å²) in [6.07, 6.45) is 3.37.